The molecule has 1 atom stereocenters. The normalized spacial score (nSPS) is 22.0. The van der Waals surface area contributed by atoms with Crippen molar-refractivity contribution in [3.63, 3.8) is 0 Å². The minimum Gasteiger partial charge on any atom is -0.338 e. The van der Waals surface area contributed by atoms with E-state index in [2.05, 4.69) is 10.6 Å². The maximum Gasteiger partial charge on any atom is 0.261 e. The summed E-state index contributed by atoms with van der Waals surface area (Å²) < 4.78 is 22.7. The Morgan fingerprint density at radius 1 is 1.29 bits per heavy atom. The maximum absolute atomic E-state index is 12.3. The molecule has 21 heavy (non-hydrogen) atoms. The van der Waals surface area contributed by atoms with Gasteiger partial charge in [0.1, 0.15) is 5.54 Å². The van der Waals surface area contributed by atoms with Crippen molar-refractivity contribution in [2.24, 2.45) is 0 Å². The Kier molecular flexibility index (Phi) is 3.99. The number of amides is 2. The van der Waals surface area contributed by atoms with Gasteiger partial charge in [-0.05, 0) is 31.5 Å². The number of fused-ring (bicyclic) bond motifs is 1. The molecule has 0 aliphatic carbocycles. The molecule has 1 aromatic carbocycles. The Morgan fingerprint density at radius 2 is 1.95 bits per heavy atom. The molecule has 0 aromatic heterocycles. The van der Waals surface area contributed by atoms with Gasteiger partial charge in [-0.1, -0.05) is 13.3 Å². The molecule has 114 valence electrons. The predicted molar refractivity (Wildman–Crippen MR) is 78.9 cm³/mol. The van der Waals surface area contributed by atoms with Crippen LogP contribution in [-0.2, 0) is 13.8 Å². The summed E-state index contributed by atoms with van der Waals surface area (Å²) in [6, 6.07) is 3.77. The van der Waals surface area contributed by atoms with E-state index in [0.717, 1.165) is 6.07 Å². The van der Waals surface area contributed by atoms with Crippen LogP contribution in [0.15, 0.2) is 23.1 Å². The van der Waals surface area contributed by atoms with Crippen molar-refractivity contribution in [2.45, 2.75) is 37.1 Å². The number of rotatable bonds is 3. The van der Waals surface area contributed by atoms with E-state index < -0.39 is 20.5 Å². The van der Waals surface area contributed by atoms with Crippen LogP contribution in [0, 0.1) is 0 Å². The molecular weight excluding hydrogens is 316 g/mol. The number of hydrogen-bond acceptors (Lipinski definition) is 4. The largest absolute Gasteiger partial charge is 0.338 e. The molecule has 1 aromatic rings. The van der Waals surface area contributed by atoms with Crippen molar-refractivity contribution in [1.29, 1.82) is 0 Å². The summed E-state index contributed by atoms with van der Waals surface area (Å²) in [5, 5.41) is 5.30. The molecule has 0 saturated heterocycles. The molecule has 2 rings (SSSR count). The van der Waals surface area contributed by atoms with Crippen molar-refractivity contribution < 1.29 is 18.0 Å². The minimum atomic E-state index is -3.94. The Morgan fingerprint density at radius 3 is 2.52 bits per heavy atom. The zero-order valence-corrected chi connectivity index (χ0v) is 13.1. The molecule has 1 aliphatic heterocycles. The van der Waals surface area contributed by atoms with Crippen LogP contribution in [0.3, 0.4) is 0 Å². The summed E-state index contributed by atoms with van der Waals surface area (Å²) in [6.07, 6.45) is 1.18. The summed E-state index contributed by atoms with van der Waals surface area (Å²) in [4.78, 5) is 24.3. The number of halogens is 1. The van der Waals surface area contributed by atoms with Crippen LogP contribution in [0.1, 0.15) is 37.0 Å². The van der Waals surface area contributed by atoms with Crippen LogP contribution < -0.4 is 10.6 Å². The molecule has 6 nitrogen and oxygen atoms in total. The zero-order chi connectivity index (χ0) is 15.8. The van der Waals surface area contributed by atoms with Gasteiger partial charge in [-0.2, -0.15) is 0 Å². The highest BCUT2D eigenvalue weighted by Crippen LogP contribution is 2.27. The molecule has 0 spiro atoms. The molecule has 0 saturated carbocycles. The second-order valence-electron chi connectivity index (χ2n) is 5.14. The van der Waals surface area contributed by atoms with Crippen molar-refractivity contribution in [3.05, 3.63) is 23.8 Å². The van der Waals surface area contributed by atoms with Crippen LogP contribution in [0.4, 0.5) is 5.69 Å². The predicted octanol–water partition coefficient (Wildman–Crippen LogP) is 1.85. The van der Waals surface area contributed by atoms with Gasteiger partial charge in [0.15, 0.2) is 0 Å². The molecule has 2 amide bonds. The van der Waals surface area contributed by atoms with Gasteiger partial charge in [-0.25, -0.2) is 8.42 Å². The van der Waals surface area contributed by atoms with Crippen molar-refractivity contribution in [1.82, 2.24) is 5.32 Å². The van der Waals surface area contributed by atoms with Gasteiger partial charge in [0, 0.05) is 10.7 Å². The third kappa shape index (κ3) is 3.03. The van der Waals surface area contributed by atoms with E-state index in [1.54, 1.807) is 6.92 Å². The van der Waals surface area contributed by atoms with E-state index in [-0.39, 0.29) is 22.1 Å². The SMILES string of the molecule is CCCC1(C)NC(=O)c2cc(S(=O)(=O)Cl)ccc2NC1=O. The van der Waals surface area contributed by atoms with Gasteiger partial charge in [0.2, 0.25) is 5.91 Å². The first-order valence-corrected chi connectivity index (χ1v) is 8.71. The summed E-state index contributed by atoms with van der Waals surface area (Å²) >= 11 is 0. The van der Waals surface area contributed by atoms with E-state index in [0.29, 0.717) is 12.8 Å². The Balaban J connectivity index is 2.51. The molecule has 0 radical (unpaired) electrons. The first kappa shape index (κ1) is 15.8. The highest BCUT2D eigenvalue weighted by Gasteiger charge is 2.38. The highest BCUT2D eigenvalue weighted by atomic mass is 35.7. The molecule has 8 heteroatoms. The lowest BCUT2D eigenvalue weighted by Crippen LogP contribution is -2.52. The van der Waals surface area contributed by atoms with Gasteiger partial charge < -0.3 is 10.6 Å². The van der Waals surface area contributed by atoms with Crippen molar-refractivity contribution in [3.8, 4) is 0 Å². The quantitative estimate of drug-likeness (QED) is 0.827. The molecule has 1 unspecified atom stereocenters. The van der Waals surface area contributed by atoms with E-state index in [1.807, 2.05) is 6.92 Å². The van der Waals surface area contributed by atoms with Crippen LogP contribution in [0.5, 0.6) is 0 Å². The fourth-order valence-corrected chi connectivity index (χ4v) is 3.06. The number of nitrogens with one attached hydrogen (secondary N) is 2. The number of hydrogen-bond donors (Lipinski definition) is 2. The number of carbonyl (C=O) groups excluding carboxylic acids is 2. The van der Waals surface area contributed by atoms with E-state index in [9.17, 15) is 18.0 Å². The second kappa shape index (κ2) is 5.31. The first-order chi connectivity index (χ1) is 9.67. The fourth-order valence-electron chi connectivity index (χ4n) is 2.28. The minimum absolute atomic E-state index is 0.0740. The lowest BCUT2D eigenvalue weighted by molar-refractivity contribution is -0.121. The van der Waals surface area contributed by atoms with E-state index in [1.165, 1.54) is 12.1 Å². The van der Waals surface area contributed by atoms with Crippen LogP contribution in [0.2, 0.25) is 0 Å². The number of carbonyl (C=O) groups is 2. The Hall–Kier alpha value is -1.60. The molecule has 0 bridgehead atoms. The summed E-state index contributed by atoms with van der Waals surface area (Å²) in [7, 11) is 1.33. The summed E-state index contributed by atoms with van der Waals surface area (Å²) in [5.74, 6) is -0.848. The van der Waals surface area contributed by atoms with Gasteiger partial charge in [-0.3, -0.25) is 9.59 Å². The van der Waals surface area contributed by atoms with Crippen LogP contribution in [0.25, 0.3) is 0 Å². The van der Waals surface area contributed by atoms with Crippen LogP contribution >= 0.6 is 10.7 Å². The smallest absolute Gasteiger partial charge is 0.261 e. The molecule has 0 fully saturated rings. The van der Waals surface area contributed by atoms with Gasteiger partial charge in [0.05, 0.1) is 16.1 Å². The number of anilines is 1. The average Bonchev–Trinajstić information content (AvgIpc) is 2.45. The Labute approximate surface area is 127 Å². The lowest BCUT2D eigenvalue weighted by atomic mass is 9.95. The van der Waals surface area contributed by atoms with E-state index >= 15 is 0 Å². The van der Waals surface area contributed by atoms with Gasteiger partial charge >= 0.3 is 0 Å². The fraction of sp³-hybridized carbons (Fsp3) is 0.385. The van der Waals surface area contributed by atoms with Crippen LogP contribution in [-0.4, -0.2) is 25.8 Å². The van der Waals surface area contributed by atoms with Gasteiger partial charge in [0.25, 0.3) is 15.0 Å². The molecular formula is C13H15ClN2O4S. The summed E-state index contributed by atoms with van der Waals surface area (Å²) in [5.41, 5.74) is -0.698. The van der Waals surface area contributed by atoms with Gasteiger partial charge in [-0.15, -0.1) is 0 Å². The summed E-state index contributed by atoms with van der Waals surface area (Å²) in [6.45, 7) is 3.54. The van der Waals surface area contributed by atoms with E-state index in [4.69, 9.17) is 10.7 Å². The third-order valence-corrected chi connectivity index (χ3v) is 4.76. The first-order valence-electron chi connectivity index (χ1n) is 6.40. The Bertz CT molecular complexity index is 717. The standard InChI is InChI=1S/C13H15ClN2O4S/c1-3-6-13(2)12(18)15-10-5-4-8(21(14,19)20)7-9(10)11(17)16-13/h4-5,7H,3,6H2,1-2H3,(H,15,18)(H,16,17). The average molecular weight is 331 g/mol. The lowest BCUT2D eigenvalue weighted by Gasteiger charge is -2.26. The highest BCUT2D eigenvalue weighted by molar-refractivity contribution is 8.13. The molecule has 2 N–H and O–H groups in total. The molecule has 1 heterocycles. The maximum atomic E-state index is 12.3. The zero-order valence-electron chi connectivity index (χ0n) is 11.6. The topological polar surface area (TPSA) is 92.3 Å². The van der Waals surface area contributed by atoms with Crippen molar-refractivity contribution in [2.75, 3.05) is 5.32 Å². The third-order valence-electron chi connectivity index (χ3n) is 3.41. The monoisotopic (exact) mass is 330 g/mol. The second-order valence-corrected chi connectivity index (χ2v) is 7.70. The number of benzene rings is 1. The van der Waals surface area contributed by atoms with Crippen molar-refractivity contribution >= 4 is 37.2 Å². The molecule has 1 aliphatic rings.